The number of hydrogen-bond donors (Lipinski definition) is 1. The van der Waals surface area contributed by atoms with E-state index in [4.69, 9.17) is 17.3 Å². The number of nitrogens with two attached hydrogens (primary N) is 1. The lowest BCUT2D eigenvalue weighted by Gasteiger charge is -2.20. The molecule has 1 unspecified atom stereocenters. The second-order valence-electron chi connectivity index (χ2n) is 4.63. The molecular weight excluding hydrogens is 256 g/mol. The van der Waals surface area contributed by atoms with Crippen LogP contribution in [0, 0.1) is 5.41 Å². The van der Waals surface area contributed by atoms with E-state index in [2.05, 4.69) is 9.97 Å². The van der Waals surface area contributed by atoms with Crippen molar-refractivity contribution in [1.29, 1.82) is 0 Å². The van der Waals surface area contributed by atoms with E-state index in [-0.39, 0.29) is 22.7 Å². The molecule has 1 aromatic rings. The van der Waals surface area contributed by atoms with Crippen LogP contribution in [0.3, 0.4) is 0 Å². The van der Waals surface area contributed by atoms with Crippen molar-refractivity contribution < 1.29 is 9.59 Å². The first-order chi connectivity index (χ1) is 8.42. The Balaban J connectivity index is 2.12. The normalized spacial score (nSPS) is 23.1. The van der Waals surface area contributed by atoms with Crippen molar-refractivity contribution in [2.75, 3.05) is 13.1 Å². The largest absolute Gasteiger partial charge is 0.369 e. The van der Waals surface area contributed by atoms with Crippen LogP contribution in [-0.2, 0) is 4.79 Å². The summed E-state index contributed by atoms with van der Waals surface area (Å²) in [6, 6.07) is 0. The zero-order valence-electron chi connectivity index (χ0n) is 9.89. The van der Waals surface area contributed by atoms with E-state index >= 15 is 0 Å². The number of carbonyl (C=O) groups is 2. The number of halogens is 1. The topological polar surface area (TPSA) is 89.2 Å². The van der Waals surface area contributed by atoms with Gasteiger partial charge in [-0.15, -0.1) is 0 Å². The molecule has 96 valence electrons. The molecule has 0 radical (unpaired) electrons. The zero-order valence-corrected chi connectivity index (χ0v) is 10.6. The van der Waals surface area contributed by atoms with E-state index in [0.717, 1.165) is 0 Å². The average molecular weight is 269 g/mol. The van der Waals surface area contributed by atoms with Crippen LogP contribution in [0.1, 0.15) is 23.8 Å². The van der Waals surface area contributed by atoms with Gasteiger partial charge in [0.2, 0.25) is 5.91 Å². The Morgan fingerprint density at radius 1 is 1.44 bits per heavy atom. The van der Waals surface area contributed by atoms with E-state index in [1.54, 1.807) is 11.8 Å². The van der Waals surface area contributed by atoms with Crippen LogP contribution in [0.2, 0.25) is 5.15 Å². The summed E-state index contributed by atoms with van der Waals surface area (Å²) >= 11 is 5.60. The molecule has 2 amide bonds. The summed E-state index contributed by atoms with van der Waals surface area (Å²) in [6.45, 7) is 2.56. The molecule has 1 saturated heterocycles. The minimum absolute atomic E-state index is 0.216. The minimum Gasteiger partial charge on any atom is -0.369 e. The lowest BCUT2D eigenvalue weighted by atomic mass is 9.89. The maximum Gasteiger partial charge on any atom is 0.274 e. The van der Waals surface area contributed by atoms with Crippen LogP contribution in [0.15, 0.2) is 12.4 Å². The van der Waals surface area contributed by atoms with Crippen molar-refractivity contribution in [1.82, 2.24) is 14.9 Å². The van der Waals surface area contributed by atoms with E-state index in [1.165, 1.54) is 12.4 Å². The van der Waals surface area contributed by atoms with Crippen molar-refractivity contribution in [2.24, 2.45) is 11.1 Å². The molecule has 2 rings (SSSR count). The lowest BCUT2D eigenvalue weighted by molar-refractivity contribution is -0.126. The van der Waals surface area contributed by atoms with E-state index < -0.39 is 5.41 Å². The van der Waals surface area contributed by atoms with Gasteiger partial charge in [-0.05, 0) is 13.3 Å². The quantitative estimate of drug-likeness (QED) is 0.844. The third-order valence-corrected chi connectivity index (χ3v) is 3.39. The monoisotopic (exact) mass is 268 g/mol. The second-order valence-corrected chi connectivity index (χ2v) is 5.01. The van der Waals surface area contributed by atoms with Crippen LogP contribution in [-0.4, -0.2) is 39.8 Å². The first-order valence-corrected chi connectivity index (χ1v) is 5.87. The number of carbonyl (C=O) groups excluding carboxylic acids is 2. The van der Waals surface area contributed by atoms with Crippen molar-refractivity contribution in [3.8, 4) is 0 Å². The molecule has 1 aromatic heterocycles. The third-order valence-electron chi connectivity index (χ3n) is 3.19. The standard InChI is InChI=1S/C11H13ClN4O2/c1-11(10(13)18)2-3-16(6-11)9(17)7-4-15-8(12)5-14-7/h4-5H,2-3,6H2,1H3,(H2,13,18). The van der Waals surface area contributed by atoms with E-state index in [0.29, 0.717) is 19.5 Å². The van der Waals surface area contributed by atoms with Gasteiger partial charge in [-0.25, -0.2) is 9.97 Å². The predicted octanol–water partition coefficient (Wildman–Crippen LogP) is 0.467. The number of hydrogen-bond acceptors (Lipinski definition) is 4. The van der Waals surface area contributed by atoms with E-state index in [1.807, 2.05) is 0 Å². The highest BCUT2D eigenvalue weighted by molar-refractivity contribution is 6.29. The number of nitrogens with zero attached hydrogens (tertiary/aromatic N) is 3. The number of amides is 2. The predicted molar refractivity (Wildman–Crippen MR) is 64.9 cm³/mol. The number of likely N-dealkylation sites (tertiary alicyclic amines) is 1. The first-order valence-electron chi connectivity index (χ1n) is 5.49. The van der Waals surface area contributed by atoms with Crippen molar-refractivity contribution in [3.63, 3.8) is 0 Å². The molecule has 6 nitrogen and oxygen atoms in total. The van der Waals surface area contributed by atoms with Gasteiger partial charge in [0.1, 0.15) is 10.8 Å². The van der Waals surface area contributed by atoms with Gasteiger partial charge in [-0.3, -0.25) is 9.59 Å². The van der Waals surface area contributed by atoms with Gasteiger partial charge in [-0.1, -0.05) is 11.6 Å². The number of primary amides is 1. The number of rotatable bonds is 2. The third kappa shape index (κ3) is 2.28. The molecule has 1 aliphatic rings. The maximum absolute atomic E-state index is 12.1. The molecule has 1 fully saturated rings. The summed E-state index contributed by atoms with van der Waals surface area (Å²) in [5.74, 6) is -0.649. The summed E-state index contributed by atoms with van der Waals surface area (Å²) in [4.78, 5) is 32.7. The fraction of sp³-hybridized carbons (Fsp3) is 0.455. The molecular formula is C11H13ClN4O2. The molecule has 7 heteroatoms. The molecule has 0 aliphatic carbocycles. The van der Waals surface area contributed by atoms with Crippen molar-refractivity contribution in [3.05, 3.63) is 23.2 Å². The van der Waals surface area contributed by atoms with Gasteiger partial charge in [-0.2, -0.15) is 0 Å². The summed E-state index contributed by atoms with van der Waals surface area (Å²) in [5.41, 5.74) is 4.89. The summed E-state index contributed by atoms with van der Waals surface area (Å²) < 4.78 is 0. The van der Waals surface area contributed by atoms with Crippen LogP contribution in [0.25, 0.3) is 0 Å². The number of aromatic nitrogens is 2. The van der Waals surface area contributed by atoms with Crippen molar-refractivity contribution >= 4 is 23.4 Å². The fourth-order valence-corrected chi connectivity index (χ4v) is 2.02. The van der Waals surface area contributed by atoms with Gasteiger partial charge in [0.05, 0.1) is 17.8 Å². The molecule has 1 atom stereocenters. The van der Waals surface area contributed by atoms with Gasteiger partial charge in [0.15, 0.2) is 0 Å². The Labute approximate surface area is 109 Å². The van der Waals surface area contributed by atoms with Gasteiger partial charge < -0.3 is 10.6 Å². The molecule has 1 aliphatic heterocycles. The molecule has 0 aromatic carbocycles. The van der Waals surface area contributed by atoms with Crippen molar-refractivity contribution in [2.45, 2.75) is 13.3 Å². The van der Waals surface area contributed by atoms with Gasteiger partial charge in [0, 0.05) is 13.1 Å². The maximum atomic E-state index is 12.1. The highest BCUT2D eigenvalue weighted by Crippen LogP contribution is 2.30. The zero-order chi connectivity index (χ0) is 13.3. The average Bonchev–Trinajstić information content (AvgIpc) is 2.73. The fourth-order valence-electron chi connectivity index (χ4n) is 1.92. The van der Waals surface area contributed by atoms with Crippen LogP contribution < -0.4 is 5.73 Å². The molecule has 2 N–H and O–H groups in total. The first kappa shape index (κ1) is 12.8. The minimum atomic E-state index is -0.657. The Kier molecular flexibility index (Phi) is 3.21. The Hall–Kier alpha value is -1.69. The molecule has 18 heavy (non-hydrogen) atoms. The molecule has 0 spiro atoms. The lowest BCUT2D eigenvalue weighted by Crippen LogP contribution is -2.38. The molecule has 2 heterocycles. The highest BCUT2D eigenvalue weighted by atomic mass is 35.5. The Bertz CT molecular complexity index is 490. The Morgan fingerprint density at radius 2 is 2.17 bits per heavy atom. The molecule has 0 saturated carbocycles. The summed E-state index contributed by atoms with van der Waals surface area (Å²) in [6.07, 6.45) is 3.21. The van der Waals surface area contributed by atoms with Crippen LogP contribution >= 0.6 is 11.6 Å². The van der Waals surface area contributed by atoms with Crippen LogP contribution in [0.5, 0.6) is 0 Å². The van der Waals surface area contributed by atoms with Crippen LogP contribution in [0.4, 0.5) is 0 Å². The van der Waals surface area contributed by atoms with Gasteiger partial charge in [0.25, 0.3) is 5.91 Å². The smallest absolute Gasteiger partial charge is 0.274 e. The Morgan fingerprint density at radius 3 is 2.67 bits per heavy atom. The van der Waals surface area contributed by atoms with E-state index in [9.17, 15) is 9.59 Å². The summed E-state index contributed by atoms with van der Waals surface area (Å²) in [7, 11) is 0. The second kappa shape index (κ2) is 4.53. The molecule has 0 bridgehead atoms. The SMILES string of the molecule is CC1(C(N)=O)CCN(C(=O)c2cnc(Cl)cn2)C1. The highest BCUT2D eigenvalue weighted by Gasteiger charge is 2.41. The van der Waals surface area contributed by atoms with Gasteiger partial charge >= 0.3 is 0 Å². The summed E-state index contributed by atoms with van der Waals surface area (Å²) in [5, 5.41) is 0.231.